The van der Waals surface area contributed by atoms with Gasteiger partial charge in [0.25, 0.3) is 0 Å². The lowest BCUT2D eigenvalue weighted by Crippen LogP contribution is -2.27. The lowest BCUT2D eigenvalue weighted by molar-refractivity contribution is 0.0684. The average molecular weight is 206 g/mol. The van der Waals surface area contributed by atoms with E-state index in [1.54, 1.807) is 13.8 Å². The number of aromatic nitrogens is 2. The van der Waals surface area contributed by atoms with Crippen LogP contribution in [-0.4, -0.2) is 26.9 Å². The molecule has 1 heterocycles. The zero-order valence-corrected chi connectivity index (χ0v) is 8.39. The minimum absolute atomic E-state index is 0.0617. The van der Waals surface area contributed by atoms with Crippen molar-refractivity contribution < 1.29 is 14.6 Å². The largest absolute Gasteiger partial charge is 0.477 e. The van der Waals surface area contributed by atoms with Gasteiger partial charge in [-0.05, 0) is 19.9 Å². The van der Waals surface area contributed by atoms with E-state index in [-0.39, 0.29) is 11.4 Å². The van der Waals surface area contributed by atoms with Crippen molar-refractivity contribution in [2.75, 3.05) is 0 Å². The molecule has 0 radical (unpaired) electrons. The smallest absolute Gasteiger partial charge is 0.341 e. The van der Waals surface area contributed by atoms with E-state index in [4.69, 9.17) is 16.3 Å². The summed E-state index contributed by atoms with van der Waals surface area (Å²) >= 11 is 0. The number of carbonyl (C=O) groups is 1. The Hall–Kier alpha value is -2.09. The Morgan fingerprint density at radius 1 is 1.67 bits per heavy atom. The van der Waals surface area contributed by atoms with Gasteiger partial charge in [-0.2, -0.15) is 5.10 Å². The van der Waals surface area contributed by atoms with Gasteiger partial charge in [0.15, 0.2) is 5.60 Å². The van der Waals surface area contributed by atoms with Gasteiger partial charge in [-0.3, -0.25) is 0 Å². The van der Waals surface area contributed by atoms with Crippen molar-refractivity contribution in [3.63, 3.8) is 0 Å². The predicted molar refractivity (Wildman–Crippen MR) is 52.5 cm³/mol. The van der Waals surface area contributed by atoms with Gasteiger partial charge in [0.05, 0.1) is 6.20 Å². The third-order valence-corrected chi connectivity index (χ3v) is 1.62. The minimum atomic E-state index is -1.13. The number of carboxylic acid groups (broad SMARTS) is 1. The molecule has 0 saturated heterocycles. The summed E-state index contributed by atoms with van der Waals surface area (Å²) in [5, 5.41) is 16.0. The first-order chi connectivity index (χ1) is 6.96. The van der Waals surface area contributed by atoms with Gasteiger partial charge in [0, 0.05) is 0 Å². The number of rotatable bonds is 3. The molecular formula is C10H10N2O3. The lowest BCUT2D eigenvalue weighted by Gasteiger charge is -2.19. The average Bonchev–Trinajstić information content (AvgIpc) is 2.18. The van der Waals surface area contributed by atoms with E-state index >= 15 is 0 Å². The quantitative estimate of drug-likeness (QED) is 0.746. The van der Waals surface area contributed by atoms with E-state index in [9.17, 15) is 4.79 Å². The summed E-state index contributed by atoms with van der Waals surface area (Å²) in [5.41, 5.74) is -0.978. The summed E-state index contributed by atoms with van der Waals surface area (Å²) in [7, 11) is 0. The summed E-state index contributed by atoms with van der Waals surface area (Å²) in [6.07, 6.45) is 6.49. The fraction of sp³-hybridized carbons (Fsp3) is 0.300. The number of terminal acetylenes is 1. The normalized spacial score (nSPS) is 10.5. The van der Waals surface area contributed by atoms with Crippen LogP contribution in [0.5, 0.6) is 5.88 Å². The molecule has 0 bridgehead atoms. The first kappa shape index (κ1) is 11.0. The fourth-order valence-electron chi connectivity index (χ4n) is 0.828. The van der Waals surface area contributed by atoms with Gasteiger partial charge in [-0.1, -0.05) is 5.92 Å². The SMILES string of the molecule is C#CC(C)(C)Oc1nnccc1C(=O)O. The van der Waals surface area contributed by atoms with Crippen LogP contribution >= 0.6 is 0 Å². The van der Waals surface area contributed by atoms with E-state index < -0.39 is 11.6 Å². The standard InChI is InChI=1S/C10H10N2O3/c1-4-10(2,3)15-8-7(9(13)14)5-6-11-12-8/h1,5-6H,2-3H3,(H,13,14). The van der Waals surface area contributed by atoms with Crippen LogP contribution in [0, 0.1) is 12.3 Å². The molecule has 1 rings (SSSR count). The Kier molecular flexibility index (Phi) is 2.90. The maximum absolute atomic E-state index is 10.8. The highest BCUT2D eigenvalue weighted by molar-refractivity contribution is 5.89. The van der Waals surface area contributed by atoms with Gasteiger partial charge in [0.1, 0.15) is 5.56 Å². The van der Waals surface area contributed by atoms with Crippen LogP contribution in [0.2, 0.25) is 0 Å². The Balaban J connectivity index is 3.06. The first-order valence-corrected chi connectivity index (χ1v) is 4.18. The van der Waals surface area contributed by atoms with Gasteiger partial charge in [-0.15, -0.1) is 11.5 Å². The highest BCUT2D eigenvalue weighted by Crippen LogP contribution is 2.18. The fourth-order valence-corrected chi connectivity index (χ4v) is 0.828. The number of nitrogens with zero attached hydrogens (tertiary/aromatic N) is 2. The zero-order chi connectivity index (χ0) is 11.5. The molecule has 0 aliphatic rings. The molecule has 0 atom stereocenters. The van der Waals surface area contributed by atoms with E-state index in [1.807, 2.05) is 0 Å². The van der Waals surface area contributed by atoms with Crippen molar-refractivity contribution in [3.8, 4) is 18.2 Å². The monoisotopic (exact) mass is 206 g/mol. The molecule has 0 spiro atoms. The molecule has 0 fully saturated rings. The molecule has 78 valence electrons. The minimum Gasteiger partial charge on any atom is -0.477 e. The highest BCUT2D eigenvalue weighted by atomic mass is 16.5. The molecule has 0 aromatic carbocycles. The highest BCUT2D eigenvalue weighted by Gasteiger charge is 2.21. The van der Waals surface area contributed by atoms with Crippen molar-refractivity contribution in [3.05, 3.63) is 17.8 Å². The van der Waals surface area contributed by atoms with Gasteiger partial charge < -0.3 is 9.84 Å². The second-order valence-electron chi connectivity index (χ2n) is 3.31. The molecule has 1 aromatic heterocycles. The number of hydrogen-bond donors (Lipinski definition) is 1. The van der Waals surface area contributed by atoms with E-state index in [1.165, 1.54) is 12.3 Å². The number of hydrogen-bond acceptors (Lipinski definition) is 4. The number of carboxylic acids is 1. The Morgan fingerprint density at radius 3 is 2.87 bits per heavy atom. The second-order valence-corrected chi connectivity index (χ2v) is 3.31. The zero-order valence-electron chi connectivity index (χ0n) is 8.39. The van der Waals surface area contributed by atoms with Crippen LogP contribution in [0.3, 0.4) is 0 Å². The topological polar surface area (TPSA) is 72.3 Å². The van der Waals surface area contributed by atoms with Crippen LogP contribution in [0.15, 0.2) is 12.3 Å². The van der Waals surface area contributed by atoms with Crippen molar-refractivity contribution in [1.29, 1.82) is 0 Å². The van der Waals surface area contributed by atoms with Crippen molar-refractivity contribution in [1.82, 2.24) is 10.2 Å². The van der Waals surface area contributed by atoms with Gasteiger partial charge >= 0.3 is 5.97 Å². The summed E-state index contributed by atoms with van der Waals surface area (Å²) in [6.45, 7) is 3.26. The molecule has 5 nitrogen and oxygen atoms in total. The third kappa shape index (κ3) is 2.68. The molecule has 1 aromatic rings. The van der Waals surface area contributed by atoms with Crippen molar-refractivity contribution in [2.24, 2.45) is 0 Å². The molecule has 0 saturated carbocycles. The number of ether oxygens (including phenoxy) is 1. The predicted octanol–water partition coefficient (Wildman–Crippen LogP) is 0.965. The molecule has 0 amide bonds. The van der Waals surface area contributed by atoms with Gasteiger partial charge in [0.2, 0.25) is 5.88 Å². The molecule has 0 aliphatic heterocycles. The molecular weight excluding hydrogens is 196 g/mol. The molecule has 0 aliphatic carbocycles. The molecule has 5 heteroatoms. The van der Waals surface area contributed by atoms with E-state index in [0.717, 1.165) is 0 Å². The number of aromatic carboxylic acids is 1. The Morgan fingerprint density at radius 2 is 2.33 bits per heavy atom. The Labute approximate surface area is 87.1 Å². The Bertz CT molecular complexity index is 421. The maximum Gasteiger partial charge on any atom is 0.341 e. The summed E-state index contributed by atoms with van der Waals surface area (Å²) in [4.78, 5) is 10.8. The maximum atomic E-state index is 10.8. The van der Waals surface area contributed by atoms with Crippen LogP contribution < -0.4 is 4.74 Å². The van der Waals surface area contributed by atoms with Crippen molar-refractivity contribution in [2.45, 2.75) is 19.4 Å². The summed E-state index contributed by atoms with van der Waals surface area (Å²) in [6, 6.07) is 1.30. The van der Waals surface area contributed by atoms with E-state index in [2.05, 4.69) is 16.1 Å². The van der Waals surface area contributed by atoms with Crippen LogP contribution in [0.25, 0.3) is 0 Å². The molecule has 0 unspecified atom stereocenters. The lowest BCUT2D eigenvalue weighted by atomic mass is 10.1. The second kappa shape index (κ2) is 3.96. The van der Waals surface area contributed by atoms with Gasteiger partial charge in [-0.25, -0.2) is 4.79 Å². The first-order valence-electron chi connectivity index (χ1n) is 4.18. The summed E-state index contributed by atoms with van der Waals surface area (Å²) < 4.78 is 5.25. The van der Waals surface area contributed by atoms with Crippen molar-refractivity contribution >= 4 is 5.97 Å². The summed E-state index contributed by atoms with van der Waals surface area (Å²) in [5.74, 6) is 1.17. The van der Waals surface area contributed by atoms with E-state index in [0.29, 0.717) is 0 Å². The van der Waals surface area contributed by atoms with Crippen LogP contribution in [-0.2, 0) is 0 Å². The molecule has 15 heavy (non-hydrogen) atoms. The van der Waals surface area contributed by atoms with Crippen LogP contribution in [0.4, 0.5) is 0 Å². The molecule has 1 N–H and O–H groups in total. The van der Waals surface area contributed by atoms with Crippen LogP contribution in [0.1, 0.15) is 24.2 Å². The third-order valence-electron chi connectivity index (χ3n) is 1.62.